The maximum Gasteiger partial charge on any atom is 0.0874 e. The van der Waals surface area contributed by atoms with Crippen molar-refractivity contribution >= 4 is 12.6 Å². The van der Waals surface area contributed by atoms with Crippen molar-refractivity contribution in [2.24, 2.45) is 0 Å². The van der Waals surface area contributed by atoms with E-state index in [1.807, 2.05) is 0 Å². The predicted octanol–water partition coefficient (Wildman–Crippen LogP) is 3.66. The molecule has 4 heteroatoms. The van der Waals surface area contributed by atoms with Crippen LogP contribution >= 0.6 is 12.6 Å². The van der Waals surface area contributed by atoms with Gasteiger partial charge in [-0.3, -0.25) is 4.90 Å². The van der Waals surface area contributed by atoms with Gasteiger partial charge in [0.05, 0.1) is 12.2 Å². The Bertz CT molecular complexity index is 272. The first-order valence-corrected chi connectivity index (χ1v) is 9.51. The van der Waals surface area contributed by atoms with E-state index in [1.54, 1.807) is 6.92 Å². The lowest BCUT2D eigenvalue weighted by Crippen LogP contribution is -2.38. The van der Waals surface area contributed by atoms with Gasteiger partial charge in [-0.2, -0.15) is 12.6 Å². The molecule has 0 saturated heterocycles. The van der Waals surface area contributed by atoms with Gasteiger partial charge in [0, 0.05) is 13.1 Å². The van der Waals surface area contributed by atoms with Crippen LogP contribution in [0.4, 0.5) is 0 Å². The molecule has 0 radical (unpaired) electrons. The first-order valence-electron chi connectivity index (χ1n) is 8.88. The van der Waals surface area contributed by atoms with Crippen molar-refractivity contribution < 1.29 is 10.2 Å². The average molecular weight is 332 g/mol. The highest BCUT2D eigenvalue weighted by atomic mass is 32.1. The molecule has 22 heavy (non-hydrogen) atoms. The Morgan fingerprint density at radius 2 is 1.73 bits per heavy atom. The van der Waals surface area contributed by atoms with Gasteiger partial charge in [0.25, 0.3) is 0 Å². The number of hydrogen-bond donors (Lipinski definition) is 3. The highest BCUT2D eigenvalue weighted by Crippen LogP contribution is 2.14. The van der Waals surface area contributed by atoms with E-state index in [0.717, 1.165) is 43.6 Å². The summed E-state index contributed by atoms with van der Waals surface area (Å²) in [7, 11) is 0. The quantitative estimate of drug-likeness (QED) is 0.244. The van der Waals surface area contributed by atoms with Crippen molar-refractivity contribution in [1.29, 1.82) is 0 Å². The fraction of sp³-hybridized carbons (Fsp3) is 0.889. The van der Waals surface area contributed by atoms with Gasteiger partial charge in [-0.05, 0) is 50.5 Å². The molecule has 2 unspecified atom stereocenters. The Morgan fingerprint density at radius 1 is 1.05 bits per heavy atom. The molecule has 0 rings (SSSR count). The highest BCUT2D eigenvalue weighted by molar-refractivity contribution is 7.80. The van der Waals surface area contributed by atoms with Gasteiger partial charge in [0.1, 0.15) is 0 Å². The fourth-order valence-corrected chi connectivity index (χ4v) is 2.80. The predicted molar refractivity (Wildman–Crippen MR) is 99.7 cm³/mol. The van der Waals surface area contributed by atoms with Gasteiger partial charge in [-0.15, -0.1) is 0 Å². The maximum atomic E-state index is 10.3. The first kappa shape index (κ1) is 22.0. The van der Waals surface area contributed by atoms with Crippen LogP contribution in [-0.2, 0) is 0 Å². The van der Waals surface area contributed by atoms with Crippen LogP contribution in [-0.4, -0.2) is 52.7 Å². The van der Waals surface area contributed by atoms with Crippen LogP contribution in [0.15, 0.2) is 12.2 Å². The molecule has 132 valence electrons. The molecule has 0 aromatic carbocycles. The molecule has 0 amide bonds. The van der Waals surface area contributed by atoms with Crippen LogP contribution in [0.2, 0.25) is 0 Å². The van der Waals surface area contributed by atoms with Gasteiger partial charge in [-0.1, -0.05) is 39.2 Å². The minimum atomic E-state index is -0.485. The third-order valence-electron chi connectivity index (χ3n) is 3.91. The van der Waals surface area contributed by atoms with Crippen LogP contribution in [0.5, 0.6) is 0 Å². The summed E-state index contributed by atoms with van der Waals surface area (Å²) < 4.78 is 0. The number of nitrogens with zero attached hydrogens (tertiary/aromatic N) is 1. The van der Waals surface area contributed by atoms with E-state index in [4.69, 9.17) is 0 Å². The van der Waals surface area contributed by atoms with Crippen LogP contribution in [0.3, 0.4) is 0 Å². The second kappa shape index (κ2) is 14.6. The average Bonchev–Trinajstić information content (AvgIpc) is 2.46. The van der Waals surface area contributed by atoms with E-state index in [9.17, 15) is 10.2 Å². The Morgan fingerprint density at radius 3 is 2.32 bits per heavy atom. The lowest BCUT2D eigenvalue weighted by atomic mass is 10.0. The van der Waals surface area contributed by atoms with Gasteiger partial charge in [0.15, 0.2) is 0 Å². The van der Waals surface area contributed by atoms with Crippen molar-refractivity contribution in [3.63, 3.8) is 0 Å². The molecule has 0 aliphatic carbocycles. The molecular weight excluding hydrogens is 294 g/mol. The van der Waals surface area contributed by atoms with Crippen molar-refractivity contribution in [2.45, 2.75) is 77.4 Å². The van der Waals surface area contributed by atoms with Gasteiger partial charge in [-0.25, -0.2) is 0 Å². The molecular formula is C18H37NO2S. The summed E-state index contributed by atoms with van der Waals surface area (Å²) in [5.74, 6) is 0.884. The molecule has 0 aliphatic heterocycles. The van der Waals surface area contributed by atoms with Gasteiger partial charge in [0.2, 0.25) is 0 Å². The molecule has 3 nitrogen and oxygen atoms in total. The summed E-state index contributed by atoms with van der Waals surface area (Å²) in [5.41, 5.74) is 0.932. The van der Waals surface area contributed by atoms with Crippen LogP contribution < -0.4 is 0 Å². The minimum Gasteiger partial charge on any atom is -0.392 e. The second-order valence-electron chi connectivity index (χ2n) is 6.38. The van der Waals surface area contributed by atoms with E-state index in [-0.39, 0.29) is 6.10 Å². The summed E-state index contributed by atoms with van der Waals surface area (Å²) in [6, 6.07) is 0. The van der Waals surface area contributed by atoms with Gasteiger partial charge < -0.3 is 10.2 Å². The van der Waals surface area contributed by atoms with Crippen molar-refractivity contribution in [3.8, 4) is 0 Å². The molecule has 0 fully saturated rings. The summed E-state index contributed by atoms with van der Waals surface area (Å²) in [5, 5.41) is 19.9. The van der Waals surface area contributed by atoms with Crippen molar-refractivity contribution in [3.05, 3.63) is 12.2 Å². The summed E-state index contributed by atoms with van der Waals surface area (Å²) in [6.45, 7) is 10.1. The van der Waals surface area contributed by atoms with E-state index >= 15 is 0 Å². The number of aliphatic hydroxyl groups excluding tert-OH is 2. The number of unbranched alkanes of at least 4 members (excludes halogenated alkanes) is 5. The largest absolute Gasteiger partial charge is 0.392 e. The zero-order chi connectivity index (χ0) is 16.8. The molecule has 0 aromatic heterocycles. The van der Waals surface area contributed by atoms with Crippen molar-refractivity contribution in [1.82, 2.24) is 4.90 Å². The van der Waals surface area contributed by atoms with Crippen LogP contribution in [0.25, 0.3) is 0 Å². The zero-order valence-electron chi connectivity index (χ0n) is 14.6. The van der Waals surface area contributed by atoms with Crippen molar-refractivity contribution in [2.75, 3.05) is 25.4 Å². The monoisotopic (exact) mass is 331 g/mol. The Hall–Kier alpha value is -0.0300. The number of aliphatic hydroxyl groups is 2. The maximum absolute atomic E-state index is 10.3. The normalized spacial score (nSPS) is 14.3. The Labute approximate surface area is 143 Å². The standard InChI is InChI=1S/C18H37NO2S/c1-4-5-6-7-8-11-16(2)18(21)15-19(14-17(3)20)12-9-10-13-22/h17-18,20-22H,2,4-15H2,1,3H3. The molecule has 0 bridgehead atoms. The first-order chi connectivity index (χ1) is 10.5. The fourth-order valence-electron chi connectivity index (χ4n) is 2.57. The smallest absolute Gasteiger partial charge is 0.0874 e. The minimum absolute atomic E-state index is 0.370. The summed E-state index contributed by atoms with van der Waals surface area (Å²) >= 11 is 4.23. The van der Waals surface area contributed by atoms with E-state index < -0.39 is 6.10 Å². The third kappa shape index (κ3) is 12.5. The Kier molecular flexibility index (Phi) is 14.5. The zero-order valence-corrected chi connectivity index (χ0v) is 15.5. The van der Waals surface area contributed by atoms with Gasteiger partial charge >= 0.3 is 0 Å². The summed E-state index contributed by atoms with van der Waals surface area (Å²) in [4.78, 5) is 2.14. The Balaban J connectivity index is 4.06. The molecule has 0 heterocycles. The third-order valence-corrected chi connectivity index (χ3v) is 4.22. The topological polar surface area (TPSA) is 43.7 Å². The molecule has 0 saturated carbocycles. The lowest BCUT2D eigenvalue weighted by molar-refractivity contribution is 0.0875. The molecule has 0 aromatic rings. The lowest BCUT2D eigenvalue weighted by Gasteiger charge is -2.27. The van der Waals surface area contributed by atoms with E-state index in [0.29, 0.717) is 13.1 Å². The number of rotatable bonds is 15. The second-order valence-corrected chi connectivity index (χ2v) is 6.82. The highest BCUT2D eigenvalue weighted by Gasteiger charge is 2.15. The molecule has 0 spiro atoms. The number of hydrogen-bond acceptors (Lipinski definition) is 4. The van der Waals surface area contributed by atoms with E-state index in [1.165, 1.54) is 25.7 Å². The van der Waals surface area contributed by atoms with E-state index in [2.05, 4.69) is 31.0 Å². The SMILES string of the molecule is C=C(CCCCCCC)C(O)CN(CCCCS)CC(C)O. The molecule has 2 N–H and O–H groups in total. The number of thiol groups is 1. The van der Waals surface area contributed by atoms with Crippen LogP contribution in [0, 0.1) is 0 Å². The summed E-state index contributed by atoms with van der Waals surface area (Å²) in [6.07, 6.45) is 8.32. The van der Waals surface area contributed by atoms with Crippen LogP contribution in [0.1, 0.15) is 65.2 Å². The molecule has 2 atom stereocenters. The molecule has 0 aliphatic rings.